The molecule has 1 N–H and O–H groups in total. The van der Waals surface area contributed by atoms with Gasteiger partial charge in [0.25, 0.3) is 0 Å². The zero-order valence-corrected chi connectivity index (χ0v) is 27.6. The fourth-order valence-corrected chi connectivity index (χ4v) is 7.58. The Balaban J connectivity index is 1.50. The van der Waals surface area contributed by atoms with Gasteiger partial charge >= 0.3 is 0 Å². The number of nitrogens with zero attached hydrogens (tertiary/aromatic N) is 4. The number of nitriles is 1. The Kier molecular flexibility index (Phi) is 9.16. The van der Waals surface area contributed by atoms with Gasteiger partial charge in [0, 0.05) is 66.0 Å². The molecule has 2 unspecified atom stereocenters. The molecule has 0 spiro atoms. The molecule has 0 aromatic heterocycles. The van der Waals surface area contributed by atoms with E-state index >= 15 is 0 Å². The molecule has 2 aromatic carbocycles. The summed E-state index contributed by atoms with van der Waals surface area (Å²) in [6, 6.07) is 22.1. The molecule has 1 saturated heterocycles. The molecule has 2 atom stereocenters. The summed E-state index contributed by atoms with van der Waals surface area (Å²) in [5, 5.41) is 21.4. The molecule has 0 amide bonds. The first kappa shape index (κ1) is 30.2. The van der Waals surface area contributed by atoms with Gasteiger partial charge in [-0.1, -0.05) is 6.07 Å². The minimum atomic E-state index is -0.135. The van der Waals surface area contributed by atoms with E-state index in [4.69, 9.17) is 12.5 Å². The molecule has 1 fully saturated rings. The average Bonchev–Trinajstić information content (AvgIpc) is 3.04. The Morgan fingerprint density at radius 2 is 1.95 bits per heavy atom. The van der Waals surface area contributed by atoms with E-state index in [9.17, 15) is 10.4 Å². The highest BCUT2D eigenvalue weighted by Crippen LogP contribution is 2.46. The maximum atomic E-state index is 9.83. The molecule has 3 aliphatic heterocycles. The van der Waals surface area contributed by atoms with E-state index in [0.717, 1.165) is 81.0 Å². The molecule has 6 rings (SSSR count). The Morgan fingerprint density at radius 1 is 1.14 bits per heavy atom. The highest BCUT2D eigenvalue weighted by molar-refractivity contribution is 14.1. The first-order valence-electron chi connectivity index (χ1n) is 14.7. The van der Waals surface area contributed by atoms with Crippen molar-refractivity contribution in [3.05, 3.63) is 60.0 Å². The fraction of sp³-hybridized carbons (Fsp3) is 0.394. The Morgan fingerprint density at radius 3 is 2.70 bits per heavy atom. The molecule has 0 radical (unpaired) electrons. The zero-order valence-electron chi connectivity index (χ0n) is 24.6. The number of benzene rings is 3. The first-order chi connectivity index (χ1) is 20.9. The monoisotopic (exact) mass is 711 g/mol. The van der Waals surface area contributed by atoms with Crippen LogP contribution in [0.2, 0.25) is 0 Å². The highest BCUT2D eigenvalue weighted by atomic mass is 127. The van der Waals surface area contributed by atoms with Crippen molar-refractivity contribution < 1.29 is 17.6 Å². The molecule has 10 heteroatoms. The predicted octanol–water partition coefficient (Wildman–Crippen LogP) is 5.94. The summed E-state index contributed by atoms with van der Waals surface area (Å²) in [4.78, 5) is 10.8. The van der Waals surface area contributed by atoms with Crippen molar-refractivity contribution >= 4 is 57.1 Å². The minimum absolute atomic E-state index is 0.135. The molecule has 2 aromatic rings. The average molecular weight is 712 g/mol. The molecular weight excluding hydrogens is 675 g/mol. The second kappa shape index (κ2) is 13.0. The van der Waals surface area contributed by atoms with E-state index in [1.165, 1.54) is 0 Å². The van der Waals surface area contributed by atoms with Crippen LogP contribution in [-0.2, 0) is 8.10 Å². The fourth-order valence-electron chi connectivity index (χ4n) is 6.17. The quantitative estimate of drug-likeness (QED) is 0.0631. The van der Waals surface area contributed by atoms with Crippen LogP contribution in [0.4, 0.5) is 11.4 Å². The number of aliphatic hydroxyl groups is 1. The Labute approximate surface area is 270 Å². The van der Waals surface area contributed by atoms with E-state index in [1.807, 2.05) is 7.05 Å². The molecule has 4 aliphatic rings. The van der Waals surface area contributed by atoms with E-state index in [0.29, 0.717) is 19.1 Å². The summed E-state index contributed by atoms with van der Waals surface area (Å²) < 4.78 is 13.5. The lowest BCUT2D eigenvalue weighted by Gasteiger charge is -2.36. The summed E-state index contributed by atoms with van der Waals surface area (Å²) in [5.74, 6) is 1.19. The van der Waals surface area contributed by atoms with Gasteiger partial charge in [-0.25, -0.2) is 9.46 Å². The van der Waals surface area contributed by atoms with Gasteiger partial charge < -0.3 is 19.3 Å². The lowest BCUT2D eigenvalue weighted by Crippen LogP contribution is -2.39. The Bertz CT molecular complexity index is 1710. The van der Waals surface area contributed by atoms with Crippen molar-refractivity contribution in [2.24, 2.45) is 5.92 Å². The van der Waals surface area contributed by atoms with Crippen LogP contribution >= 0.6 is 34.8 Å². The predicted molar refractivity (Wildman–Crippen MR) is 181 cm³/mol. The van der Waals surface area contributed by atoms with Crippen molar-refractivity contribution in [1.29, 1.82) is 5.26 Å². The number of anilines is 2. The number of hydrogen-bond donors (Lipinski definition) is 1. The SMILES string of the molecule is CC1C(C#N)Sc2cc(-c3c4cc/c(=[N+](/C)CCOOI)cc-4oc4cc(N5CCC(CO)CC5)ccc34)ccc2N1C. The van der Waals surface area contributed by atoms with Crippen LogP contribution in [0.1, 0.15) is 19.8 Å². The molecule has 0 saturated carbocycles. The van der Waals surface area contributed by atoms with Crippen molar-refractivity contribution in [2.75, 3.05) is 56.7 Å². The summed E-state index contributed by atoms with van der Waals surface area (Å²) in [5.41, 5.74) is 6.37. The maximum Gasteiger partial charge on any atom is 0.203 e. The van der Waals surface area contributed by atoms with E-state index in [2.05, 4.69) is 89.0 Å². The van der Waals surface area contributed by atoms with Gasteiger partial charge in [-0.2, -0.15) is 8.48 Å². The number of thioether (sulfide) groups is 1. The van der Waals surface area contributed by atoms with E-state index < -0.39 is 0 Å². The highest BCUT2D eigenvalue weighted by Gasteiger charge is 2.31. The second-order valence-corrected chi connectivity index (χ2v) is 13.0. The van der Waals surface area contributed by atoms with Gasteiger partial charge in [-0.15, -0.1) is 11.8 Å². The third kappa shape index (κ3) is 5.98. The number of rotatable bonds is 7. The van der Waals surface area contributed by atoms with Gasteiger partial charge in [-0.05, 0) is 61.6 Å². The van der Waals surface area contributed by atoms with Crippen molar-refractivity contribution in [1.82, 2.24) is 4.58 Å². The molecule has 0 bridgehead atoms. The lowest BCUT2D eigenvalue weighted by molar-refractivity contribution is -0.164. The summed E-state index contributed by atoms with van der Waals surface area (Å²) in [7, 11) is 4.09. The maximum absolute atomic E-state index is 9.83. The smallest absolute Gasteiger partial charge is 0.203 e. The van der Waals surface area contributed by atoms with Crippen LogP contribution in [0.25, 0.3) is 33.4 Å². The Hall–Kier alpha value is -2.82. The lowest BCUT2D eigenvalue weighted by atomic mass is 9.93. The van der Waals surface area contributed by atoms with Gasteiger partial charge in [-0.3, -0.25) is 0 Å². The van der Waals surface area contributed by atoms with Crippen molar-refractivity contribution in [3.8, 4) is 28.5 Å². The summed E-state index contributed by atoms with van der Waals surface area (Å²) in [6.45, 7) is 5.31. The molecule has 8 nitrogen and oxygen atoms in total. The van der Waals surface area contributed by atoms with Gasteiger partial charge in [0.05, 0.1) is 23.9 Å². The normalized spacial score (nSPS) is 19.9. The number of aliphatic hydroxyl groups excluding tert-OH is 1. The zero-order chi connectivity index (χ0) is 30.1. The van der Waals surface area contributed by atoms with Crippen molar-refractivity contribution in [3.63, 3.8) is 0 Å². The topological polar surface area (TPSA) is 85.1 Å². The van der Waals surface area contributed by atoms with Crippen molar-refractivity contribution in [2.45, 2.75) is 36.0 Å². The first-order valence-corrected chi connectivity index (χ1v) is 16.4. The van der Waals surface area contributed by atoms with Crippen LogP contribution in [-0.4, -0.2) is 63.3 Å². The minimum Gasteiger partial charge on any atom is -0.456 e. The largest absolute Gasteiger partial charge is 0.456 e. The molecular formula is C33H36IN4O4S+. The second-order valence-electron chi connectivity index (χ2n) is 11.5. The third-order valence-electron chi connectivity index (χ3n) is 8.98. The third-order valence-corrected chi connectivity index (χ3v) is 10.6. The van der Waals surface area contributed by atoms with Gasteiger partial charge in [0.15, 0.2) is 29.6 Å². The number of hydrogen-bond acceptors (Lipinski definition) is 8. The van der Waals surface area contributed by atoms with Crippen LogP contribution < -0.4 is 19.7 Å². The van der Waals surface area contributed by atoms with Crippen LogP contribution in [0.3, 0.4) is 0 Å². The van der Waals surface area contributed by atoms with Crippen LogP contribution in [0, 0.1) is 17.2 Å². The van der Waals surface area contributed by atoms with Gasteiger partial charge in [0.1, 0.15) is 30.2 Å². The molecule has 43 heavy (non-hydrogen) atoms. The van der Waals surface area contributed by atoms with Crippen LogP contribution in [0.5, 0.6) is 0 Å². The summed E-state index contributed by atoms with van der Waals surface area (Å²) in [6.07, 6.45) is 1.97. The van der Waals surface area contributed by atoms with E-state index in [-0.39, 0.29) is 17.9 Å². The number of piperidine rings is 1. The van der Waals surface area contributed by atoms with Crippen LogP contribution in [0.15, 0.2) is 63.9 Å². The summed E-state index contributed by atoms with van der Waals surface area (Å²) >= 11 is 3.37. The molecule has 1 aliphatic carbocycles. The number of likely N-dealkylation sites (N-methyl/N-ethyl adjacent to an activating group) is 1. The molecule has 224 valence electrons. The number of halogens is 1. The number of fused-ring (bicyclic) bond motifs is 3. The van der Waals surface area contributed by atoms with E-state index in [1.54, 1.807) is 34.8 Å². The standard InChI is InChI=1S/C33H36IN4O4S/c1-21-32(19-35)43-31-16-23(4-9-28(31)37(21)3)33-26-7-5-24(36(2)14-15-40-42-34)17-29(26)41-30-18-25(6-8-27(30)33)38-12-10-22(20-39)11-13-38/h4-9,16-18,21-22,32,39H,10-15,20H2,1-3H3/q+1. The van der Waals surface area contributed by atoms with Gasteiger partial charge in [0.2, 0.25) is 5.36 Å². The molecule has 3 heterocycles.